The van der Waals surface area contributed by atoms with E-state index in [0.717, 1.165) is 6.20 Å². The highest BCUT2D eigenvalue weighted by Gasteiger charge is 2.26. The fraction of sp³-hybridized carbons (Fsp3) is 0.154. The van der Waals surface area contributed by atoms with E-state index in [1.165, 1.54) is 43.5 Å². The summed E-state index contributed by atoms with van der Waals surface area (Å²) in [6.07, 6.45) is 2.44. The number of aliphatic hydroxyl groups is 1. The molecule has 0 aliphatic rings. The molecule has 0 saturated carbocycles. The van der Waals surface area contributed by atoms with Crippen molar-refractivity contribution in [1.29, 1.82) is 0 Å². The van der Waals surface area contributed by atoms with Crippen molar-refractivity contribution < 1.29 is 13.9 Å². The Morgan fingerprint density at radius 3 is 2.24 bits per heavy atom. The molecule has 0 amide bonds. The normalized spacial score (nSPS) is 14.4. The minimum absolute atomic E-state index is 0.323. The first-order valence-electron chi connectivity index (χ1n) is 5.09. The third kappa shape index (κ3) is 2.31. The molecule has 1 unspecified atom stereocenters. The quantitative estimate of drug-likeness (QED) is 0.868. The molecule has 0 aliphatic heterocycles. The standard InChI is InChI=1S/C13H11F2NO/c1-13(17,9-2-4-11(14)5-3-9)10-6-12(15)8-16-7-10/h2-8,17H,1H3. The van der Waals surface area contributed by atoms with Gasteiger partial charge < -0.3 is 5.11 Å². The van der Waals surface area contributed by atoms with Gasteiger partial charge in [-0.1, -0.05) is 12.1 Å². The van der Waals surface area contributed by atoms with Gasteiger partial charge in [0.15, 0.2) is 0 Å². The minimum Gasteiger partial charge on any atom is -0.381 e. The third-order valence-electron chi connectivity index (χ3n) is 2.67. The molecular formula is C13H11F2NO. The van der Waals surface area contributed by atoms with Crippen molar-refractivity contribution in [1.82, 2.24) is 4.98 Å². The summed E-state index contributed by atoms with van der Waals surface area (Å²) in [5, 5.41) is 10.3. The van der Waals surface area contributed by atoms with Crippen molar-refractivity contribution in [3.63, 3.8) is 0 Å². The van der Waals surface area contributed by atoms with E-state index < -0.39 is 11.4 Å². The van der Waals surface area contributed by atoms with Crippen molar-refractivity contribution in [2.75, 3.05) is 0 Å². The summed E-state index contributed by atoms with van der Waals surface area (Å²) in [6.45, 7) is 1.51. The van der Waals surface area contributed by atoms with Gasteiger partial charge in [0.1, 0.15) is 17.2 Å². The summed E-state index contributed by atoms with van der Waals surface area (Å²) in [6, 6.07) is 6.61. The zero-order chi connectivity index (χ0) is 12.5. The van der Waals surface area contributed by atoms with Gasteiger partial charge in [0.25, 0.3) is 0 Å². The van der Waals surface area contributed by atoms with Crippen LogP contribution >= 0.6 is 0 Å². The molecule has 0 radical (unpaired) electrons. The van der Waals surface area contributed by atoms with Crippen LogP contribution in [-0.2, 0) is 5.60 Å². The summed E-state index contributed by atoms with van der Waals surface area (Å²) >= 11 is 0. The van der Waals surface area contributed by atoms with Crippen LogP contribution in [0.15, 0.2) is 42.7 Å². The van der Waals surface area contributed by atoms with Crippen LogP contribution in [0.1, 0.15) is 18.1 Å². The fourth-order valence-electron chi connectivity index (χ4n) is 1.62. The molecule has 1 heterocycles. The molecule has 2 aromatic rings. The maximum atomic E-state index is 13.0. The number of aromatic nitrogens is 1. The average Bonchev–Trinajstić information content (AvgIpc) is 2.29. The van der Waals surface area contributed by atoms with E-state index >= 15 is 0 Å². The summed E-state index contributed by atoms with van der Waals surface area (Å²) in [4.78, 5) is 3.68. The van der Waals surface area contributed by atoms with Crippen LogP contribution in [0, 0.1) is 11.6 Å². The van der Waals surface area contributed by atoms with Crippen LogP contribution in [0.2, 0.25) is 0 Å². The number of rotatable bonds is 2. The van der Waals surface area contributed by atoms with Crippen LogP contribution in [-0.4, -0.2) is 10.1 Å². The fourth-order valence-corrected chi connectivity index (χ4v) is 1.62. The molecule has 88 valence electrons. The van der Waals surface area contributed by atoms with Crippen LogP contribution < -0.4 is 0 Å². The second-order valence-electron chi connectivity index (χ2n) is 3.97. The molecule has 2 nitrogen and oxygen atoms in total. The molecule has 4 heteroatoms. The largest absolute Gasteiger partial charge is 0.381 e. The first kappa shape index (κ1) is 11.7. The van der Waals surface area contributed by atoms with Gasteiger partial charge in [-0.05, 0) is 30.7 Å². The Bertz CT molecular complexity index is 523. The summed E-state index contributed by atoms with van der Waals surface area (Å²) in [5.41, 5.74) is -0.599. The maximum Gasteiger partial charge on any atom is 0.141 e. The molecule has 1 N–H and O–H groups in total. The summed E-state index contributed by atoms with van der Waals surface area (Å²) in [5.74, 6) is -0.910. The van der Waals surface area contributed by atoms with Gasteiger partial charge >= 0.3 is 0 Å². The Kier molecular flexibility index (Phi) is 2.90. The van der Waals surface area contributed by atoms with Crippen molar-refractivity contribution in [3.05, 3.63) is 65.5 Å². The van der Waals surface area contributed by atoms with Crippen molar-refractivity contribution >= 4 is 0 Å². The highest BCUT2D eigenvalue weighted by molar-refractivity contribution is 5.33. The number of hydrogen-bond donors (Lipinski definition) is 1. The zero-order valence-electron chi connectivity index (χ0n) is 9.19. The average molecular weight is 235 g/mol. The maximum absolute atomic E-state index is 13.0. The molecule has 0 saturated heterocycles. The van der Waals surface area contributed by atoms with Gasteiger partial charge in [-0.25, -0.2) is 8.78 Å². The van der Waals surface area contributed by atoms with Gasteiger partial charge in [-0.2, -0.15) is 0 Å². The molecule has 0 bridgehead atoms. The summed E-state index contributed by atoms with van der Waals surface area (Å²) < 4.78 is 25.8. The lowest BCUT2D eigenvalue weighted by Crippen LogP contribution is -2.23. The van der Waals surface area contributed by atoms with E-state index in [-0.39, 0.29) is 5.82 Å². The molecule has 17 heavy (non-hydrogen) atoms. The lowest BCUT2D eigenvalue weighted by Gasteiger charge is -2.24. The number of hydrogen-bond acceptors (Lipinski definition) is 2. The Morgan fingerprint density at radius 2 is 1.65 bits per heavy atom. The first-order chi connectivity index (χ1) is 8.00. The molecule has 1 atom stereocenters. The smallest absolute Gasteiger partial charge is 0.141 e. The number of benzene rings is 1. The van der Waals surface area contributed by atoms with Gasteiger partial charge in [0, 0.05) is 11.8 Å². The zero-order valence-corrected chi connectivity index (χ0v) is 9.19. The lowest BCUT2D eigenvalue weighted by atomic mass is 9.89. The highest BCUT2D eigenvalue weighted by Crippen LogP contribution is 2.28. The predicted octanol–water partition coefficient (Wildman–Crippen LogP) is 2.62. The first-order valence-corrected chi connectivity index (χ1v) is 5.09. The van der Waals surface area contributed by atoms with E-state index in [2.05, 4.69) is 4.98 Å². The second-order valence-corrected chi connectivity index (χ2v) is 3.97. The van der Waals surface area contributed by atoms with Gasteiger partial charge in [0.2, 0.25) is 0 Å². The monoisotopic (exact) mass is 235 g/mol. The van der Waals surface area contributed by atoms with E-state index in [4.69, 9.17) is 0 Å². The van der Waals surface area contributed by atoms with Crippen molar-refractivity contribution in [2.24, 2.45) is 0 Å². The molecule has 1 aromatic heterocycles. The molecule has 0 spiro atoms. The molecule has 0 fully saturated rings. The Labute approximate surface area is 97.6 Å². The second kappa shape index (κ2) is 4.22. The molecule has 0 aliphatic carbocycles. The summed E-state index contributed by atoms with van der Waals surface area (Å²) in [7, 11) is 0. The van der Waals surface area contributed by atoms with E-state index in [0.29, 0.717) is 11.1 Å². The van der Waals surface area contributed by atoms with Crippen LogP contribution in [0.3, 0.4) is 0 Å². The molecule has 2 rings (SSSR count). The van der Waals surface area contributed by atoms with Gasteiger partial charge in [-0.3, -0.25) is 4.98 Å². The molecular weight excluding hydrogens is 224 g/mol. The van der Waals surface area contributed by atoms with Gasteiger partial charge in [0.05, 0.1) is 6.20 Å². The van der Waals surface area contributed by atoms with Crippen LogP contribution in [0.4, 0.5) is 8.78 Å². The Hall–Kier alpha value is -1.81. The highest BCUT2D eigenvalue weighted by atomic mass is 19.1. The Balaban J connectivity index is 2.45. The van der Waals surface area contributed by atoms with Gasteiger partial charge in [-0.15, -0.1) is 0 Å². The topological polar surface area (TPSA) is 33.1 Å². The van der Waals surface area contributed by atoms with Crippen LogP contribution in [0.25, 0.3) is 0 Å². The van der Waals surface area contributed by atoms with Crippen LogP contribution in [0.5, 0.6) is 0 Å². The number of nitrogens with zero attached hydrogens (tertiary/aromatic N) is 1. The van der Waals surface area contributed by atoms with E-state index in [9.17, 15) is 13.9 Å². The minimum atomic E-state index is -1.40. The number of pyridine rings is 1. The van der Waals surface area contributed by atoms with Crippen molar-refractivity contribution in [2.45, 2.75) is 12.5 Å². The Morgan fingerprint density at radius 1 is 1.00 bits per heavy atom. The van der Waals surface area contributed by atoms with E-state index in [1.54, 1.807) is 0 Å². The molecule has 1 aromatic carbocycles. The van der Waals surface area contributed by atoms with E-state index in [1.807, 2.05) is 0 Å². The predicted molar refractivity (Wildman–Crippen MR) is 59.3 cm³/mol. The number of halogens is 2. The third-order valence-corrected chi connectivity index (χ3v) is 2.67. The SMILES string of the molecule is CC(O)(c1ccc(F)cc1)c1cncc(F)c1. The van der Waals surface area contributed by atoms with Crippen molar-refractivity contribution in [3.8, 4) is 0 Å². The lowest BCUT2D eigenvalue weighted by molar-refractivity contribution is 0.101.